The molecule has 0 radical (unpaired) electrons. The van der Waals surface area contributed by atoms with E-state index in [1.54, 1.807) is 12.4 Å². The van der Waals surface area contributed by atoms with E-state index in [2.05, 4.69) is 63.0 Å². The molecule has 0 aromatic carbocycles. The Bertz CT molecular complexity index is 1130. The lowest BCUT2D eigenvalue weighted by molar-refractivity contribution is 0.393. The van der Waals surface area contributed by atoms with Crippen molar-refractivity contribution in [2.75, 3.05) is 5.73 Å². The van der Waals surface area contributed by atoms with E-state index in [9.17, 15) is 0 Å². The Morgan fingerprint density at radius 1 is 0.867 bits per heavy atom. The maximum absolute atomic E-state index is 5.58. The van der Waals surface area contributed by atoms with Crippen LogP contribution in [0.4, 0.5) is 5.95 Å². The van der Waals surface area contributed by atoms with Crippen LogP contribution in [0, 0.1) is 12.8 Å². The van der Waals surface area contributed by atoms with Gasteiger partial charge in [0.1, 0.15) is 0 Å². The van der Waals surface area contributed by atoms with Crippen LogP contribution < -0.4 is 5.73 Å². The van der Waals surface area contributed by atoms with E-state index in [-0.39, 0.29) is 11.4 Å². The number of nitrogen functional groups attached to an aromatic ring is 1. The van der Waals surface area contributed by atoms with Gasteiger partial charge < -0.3 is 5.73 Å². The number of hydrogen-bond donors (Lipinski definition) is 2. The Kier molecular flexibility index (Phi) is 5.03. The molecular weight excluding hydrogens is 374 g/mol. The second-order valence-electron chi connectivity index (χ2n) is 7.97. The smallest absolute Gasteiger partial charge is 0.219 e. The van der Waals surface area contributed by atoms with Crippen molar-refractivity contribution in [2.45, 2.75) is 33.1 Å². The maximum Gasteiger partial charge on any atom is 0.219 e. The molecule has 4 rings (SSSR count). The summed E-state index contributed by atoms with van der Waals surface area (Å²) < 4.78 is 0. The molecule has 1 unspecified atom stereocenters. The summed E-state index contributed by atoms with van der Waals surface area (Å²) in [5, 5.41) is 7.80. The number of nitrogens with two attached hydrogens (primary N) is 1. The summed E-state index contributed by atoms with van der Waals surface area (Å²) in [5.74, 6) is 0.566. The molecule has 7 heteroatoms. The number of aryl methyl sites for hydroxylation is 1. The number of aromatic nitrogens is 6. The second-order valence-corrected chi connectivity index (χ2v) is 7.97. The predicted octanol–water partition coefficient (Wildman–Crippen LogP) is 4.18. The molecule has 4 heterocycles. The quantitative estimate of drug-likeness (QED) is 0.521. The van der Waals surface area contributed by atoms with Crippen LogP contribution in [0.3, 0.4) is 0 Å². The molecule has 4 aromatic heterocycles. The number of aromatic amines is 1. The Morgan fingerprint density at radius 2 is 1.60 bits per heavy atom. The molecule has 0 fully saturated rings. The van der Waals surface area contributed by atoms with Gasteiger partial charge in [0.25, 0.3) is 0 Å². The lowest BCUT2D eigenvalue weighted by Gasteiger charge is -2.33. The average Bonchev–Trinajstić information content (AvgIpc) is 3.25. The van der Waals surface area contributed by atoms with Crippen molar-refractivity contribution in [2.24, 2.45) is 5.92 Å². The highest BCUT2D eigenvalue weighted by Crippen LogP contribution is 2.39. The van der Waals surface area contributed by atoms with E-state index < -0.39 is 0 Å². The first-order chi connectivity index (χ1) is 14.4. The van der Waals surface area contributed by atoms with Gasteiger partial charge in [-0.3, -0.25) is 15.1 Å². The molecule has 0 aliphatic heterocycles. The van der Waals surface area contributed by atoms with Gasteiger partial charge in [0.2, 0.25) is 5.95 Å². The van der Waals surface area contributed by atoms with Gasteiger partial charge in [0.15, 0.2) is 0 Å². The maximum atomic E-state index is 5.58. The van der Waals surface area contributed by atoms with Crippen molar-refractivity contribution in [1.82, 2.24) is 30.1 Å². The van der Waals surface area contributed by atoms with E-state index >= 15 is 0 Å². The number of rotatable bonds is 5. The van der Waals surface area contributed by atoms with Crippen LogP contribution in [-0.4, -0.2) is 30.1 Å². The van der Waals surface area contributed by atoms with Crippen molar-refractivity contribution >= 4 is 5.95 Å². The predicted molar refractivity (Wildman–Crippen MR) is 118 cm³/mol. The largest absolute Gasteiger partial charge is 0.368 e. The van der Waals surface area contributed by atoms with Crippen LogP contribution in [-0.2, 0) is 5.41 Å². The number of hydrogen-bond acceptors (Lipinski definition) is 6. The standard InChI is InChI=1S/C23H25N7/c1-14(2)23(4,21-9-20(29-30-21)16-6-5-15(3)25-10-16)18-7-8-19(26-13-18)17-11-27-22(24)28-12-17/h5-14H,1-4H3,(H,29,30)(H2,24,27,28). The highest BCUT2D eigenvalue weighted by Gasteiger charge is 2.35. The van der Waals surface area contributed by atoms with Crippen LogP contribution in [0.25, 0.3) is 22.5 Å². The summed E-state index contributed by atoms with van der Waals surface area (Å²) in [6.07, 6.45) is 7.14. The van der Waals surface area contributed by atoms with Gasteiger partial charge in [-0.15, -0.1) is 0 Å². The summed E-state index contributed by atoms with van der Waals surface area (Å²) in [6, 6.07) is 10.2. The number of anilines is 1. The average molecular weight is 400 g/mol. The van der Waals surface area contributed by atoms with Gasteiger partial charge in [-0.2, -0.15) is 5.10 Å². The number of nitrogens with one attached hydrogen (secondary N) is 1. The van der Waals surface area contributed by atoms with E-state index in [4.69, 9.17) is 5.73 Å². The monoisotopic (exact) mass is 399 g/mol. The zero-order valence-corrected chi connectivity index (χ0v) is 17.6. The van der Waals surface area contributed by atoms with E-state index in [1.165, 1.54) is 0 Å². The first kappa shape index (κ1) is 19.7. The molecule has 0 saturated heterocycles. The zero-order chi connectivity index (χ0) is 21.3. The number of H-pyrrole nitrogens is 1. The minimum atomic E-state index is -0.285. The van der Waals surface area contributed by atoms with Crippen molar-refractivity contribution in [3.05, 3.63) is 72.1 Å². The molecule has 4 aromatic rings. The first-order valence-corrected chi connectivity index (χ1v) is 9.91. The molecule has 7 nitrogen and oxygen atoms in total. The van der Waals surface area contributed by atoms with Crippen LogP contribution >= 0.6 is 0 Å². The first-order valence-electron chi connectivity index (χ1n) is 9.91. The van der Waals surface area contributed by atoms with Gasteiger partial charge in [-0.25, -0.2) is 9.97 Å². The summed E-state index contributed by atoms with van der Waals surface area (Å²) in [7, 11) is 0. The highest BCUT2D eigenvalue weighted by atomic mass is 15.1. The van der Waals surface area contributed by atoms with Gasteiger partial charge >= 0.3 is 0 Å². The third-order valence-corrected chi connectivity index (χ3v) is 5.83. The Morgan fingerprint density at radius 3 is 2.20 bits per heavy atom. The Balaban J connectivity index is 1.69. The van der Waals surface area contributed by atoms with Crippen LogP contribution in [0.1, 0.15) is 37.7 Å². The summed E-state index contributed by atoms with van der Waals surface area (Å²) in [5.41, 5.74) is 11.9. The Hall–Kier alpha value is -3.61. The molecule has 1 atom stereocenters. The normalized spacial score (nSPS) is 13.4. The SMILES string of the molecule is Cc1ccc(-c2cc(C(C)(c3ccc(-c4cnc(N)nc4)nc3)C(C)C)[nH]n2)cn1. The highest BCUT2D eigenvalue weighted by molar-refractivity contribution is 5.60. The third kappa shape index (κ3) is 3.54. The summed E-state index contributed by atoms with van der Waals surface area (Å²) in [6.45, 7) is 8.60. The summed E-state index contributed by atoms with van der Waals surface area (Å²) in [4.78, 5) is 17.1. The van der Waals surface area contributed by atoms with Crippen LogP contribution in [0.5, 0.6) is 0 Å². The Labute approximate surface area is 175 Å². The van der Waals surface area contributed by atoms with Crippen LogP contribution in [0.15, 0.2) is 55.1 Å². The zero-order valence-electron chi connectivity index (χ0n) is 17.6. The molecule has 30 heavy (non-hydrogen) atoms. The number of nitrogens with zero attached hydrogens (tertiary/aromatic N) is 5. The molecule has 3 N–H and O–H groups in total. The minimum absolute atomic E-state index is 0.251. The molecule has 0 aliphatic rings. The fraction of sp³-hybridized carbons (Fsp3) is 0.261. The summed E-state index contributed by atoms with van der Waals surface area (Å²) >= 11 is 0. The van der Waals surface area contributed by atoms with Crippen molar-refractivity contribution in [3.8, 4) is 22.5 Å². The molecule has 0 amide bonds. The fourth-order valence-corrected chi connectivity index (χ4v) is 3.50. The van der Waals surface area contributed by atoms with E-state index in [0.29, 0.717) is 5.92 Å². The molecule has 0 aliphatic carbocycles. The molecule has 0 saturated carbocycles. The van der Waals surface area contributed by atoms with Crippen molar-refractivity contribution in [1.29, 1.82) is 0 Å². The minimum Gasteiger partial charge on any atom is -0.368 e. The molecule has 0 spiro atoms. The van der Waals surface area contributed by atoms with Gasteiger partial charge in [-0.1, -0.05) is 19.9 Å². The third-order valence-electron chi connectivity index (χ3n) is 5.83. The van der Waals surface area contributed by atoms with E-state index in [0.717, 1.165) is 39.5 Å². The van der Waals surface area contributed by atoms with E-state index in [1.807, 2.05) is 37.5 Å². The molecule has 152 valence electrons. The van der Waals surface area contributed by atoms with Gasteiger partial charge in [0.05, 0.1) is 11.4 Å². The molecule has 0 bridgehead atoms. The van der Waals surface area contributed by atoms with Gasteiger partial charge in [0, 0.05) is 52.7 Å². The lowest BCUT2D eigenvalue weighted by atomic mass is 9.71. The van der Waals surface area contributed by atoms with Crippen molar-refractivity contribution < 1.29 is 0 Å². The van der Waals surface area contributed by atoms with Crippen molar-refractivity contribution in [3.63, 3.8) is 0 Å². The van der Waals surface area contributed by atoms with Crippen LogP contribution in [0.2, 0.25) is 0 Å². The van der Waals surface area contributed by atoms with Gasteiger partial charge in [-0.05, 0) is 49.6 Å². The molecular formula is C23H25N7. The number of pyridine rings is 2. The lowest BCUT2D eigenvalue weighted by Crippen LogP contribution is -2.30. The topological polar surface area (TPSA) is 106 Å². The fourth-order valence-electron chi connectivity index (χ4n) is 3.50. The second kappa shape index (κ2) is 7.67.